The first-order valence-corrected chi connectivity index (χ1v) is 9.78. The Morgan fingerprint density at radius 3 is 2.22 bits per heavy atom. The van der Waals surface area contributed by atoms with Gasteiger partial charge in [-0.25, -0.2) is 12.8 Å². The smallest absolute Gasteiger partial charge is 0.305 e. The molecule has 1 fully saturated rings. The second kappa shape index (κ2) is 7.89. The minimum absolute atomic E-state index is 0.143. The number of nitrogens with zero attached hydrogens (tertiary/aromatic N) is 1. The average Bonchev–Trinajstić information content (AvgIpc) is 3.18. The quantitative estimate of drug-likeness (QED) is 0.766. The summed E-state index contributed by atoms with van der Waals surface area (Å²) < 4.78 is 44.4. The minimum Gasteiger partial charge on any atom is -0.438 e. The summed E-state index contributed by atoms with van der Waals surface area (Å²) in [6, 6.07) is 7.17. The molecule has 2 aromatic rings. The van der Waals surface area contributed by atoms with Gasteiger partial charge < -0.3 is 4.42 Å². The number of carbonyl (C=O) groups is 2. The lowest BCUT2D eigenvalue weighted by molar-refractivity contribution is 0.0827. The van der Waals surface area contributed by atoms with E-state index >= 15 is 0 Å². The number of halogens is 1. The predicted octanol–water partition coefficient (Wildman–Crippen LogP) is 1.67. The molecule has 1 saturated heterocycles. The molecule has 0 aliphatic carbocycles. The fourth-order valence-electron chi connectivity index (χ4n) is 2.66. The number of benzene rings is 1. The molecule has 8 nitrogen and oxygen atoms in total. The zero-order chi connectivity index (χ0) is 19.4. The normalized spacial score (nSPS) is 15.3. The molecule has 0 bridgehead atoms. The van der Waals surface area contributed by atoms with E-state index in [0.717, 1.165) is 31.4 Å². The van der Waals surface area contributed by atoms with Crippen LogP contribution in [0.3, 0.4) is 0 Å². The Morgan fingerprint density at radius 2 is 1.56 bits per heavy atom. The fourth-order valence-corrected chi connectivity index (χ4v) is 4.09. The molecule has 1 aromatic carbocycles. The number of furan rings is 1. The van der Waals surface area contributed by atoms with Crippen molar-refractivity contribution in [2.45, 2.75) is 24.4 Å². The van der Waals surface area contributed by atoms with E-state index < -0.39 is 27.7 Å². The largest absolute Gasteiger partial charge is 0.438 e. The molecule has 10 heteroatoms. The van der Waals surface area contributed by atoms with Crippen molar-refractivity contribution in [1.29, 1.82) is 0 Å². The maximum Gasteiger partial charge on any atom is 0.305 e. The topological polar surface area (TPSA) is 109 Å². The molecule has 1 aromatic heterocycles. The molecule has 2 amide bonds. The van der Waals surface area contributed by atoms with Gasteiger partial charge in [0.2, 0.25) is 5.09 Å². The van der Waals surface area contributed by atoms with E-state index in [1.807, 2.05) is 0 Å². The van der Waals surface area contributed by atoms with Gasteiger partial charge in [0.1, 0.15) is 5.82 Å². The summed E-state index contributed by atoms with van der Waals surface area (Å²) >= 11 is 0. The van der Waals surface area contributed by atoms with Gasteiger partial charge in [-0.2, -0.15) is 4.31 Å². The van der Waals surface area contributed by atoms with Crippen LogP contribution in [0.25, 0.3) is 0 Å². The number of hydrazine groups is 1. The van der Waals surface area contributed by atoms with Gasteiger partial charge in [-0.05, 0) is 49.2 Å². The van der Waals surface area contributed by atoms with Crippen molar-refractivity contribution in [1.82, 2.24) is 15.2 Å². The third-order valence-corrected chi connectivity index (χ3v) is 5.88. The highest BCUT2D eigenvalue weighted by molar-refractivity contribution is 7.89. The van der Waals surface area contributed by atoms with Crippen LogP contribution in [-0.2, 0) is 10.0 Å². The Balaban J connectivity index is 1.63. The number of hydrogen-bond acceptors (Lipinski definition) is 5. The molecule has 0 spiro atoms. The van der Waals surface area contributed by atoms with E-state index in [9.17, 15) is 22.4 Å². The number of carbonyl (C=O) groups excluding carboxylic acids is 2. The van der Waals surface area contributed by atoms with Gasteiger partial charge in [0.05, 0.1) is 0 Å². The van der Waals surface area contributed by atoms with Crippen molar-refractivity contribution in [3.05, 3.63) is 53.5 Å². The van der Waals surface area contributed by atoms with Crippen molar-refractivity contribution in [2.75, 3.05) is 13.1 Å². The molecule has 0 unspecified atom stereocenters. The van der Waals surface area contributed by atoms with Gasteiger partial charge in [-0.1, -0.05) is 6.42 Å². The SMILES string of the molecule is O=C(NNC(=O)c1ccc(S(=O)(=O)N2CCCCC2)o1)c1ccc(F)cc1. The van der Waals surface area contributed by atoms with Crippen LogP contribution in [0.15, 0.2) is 45.9 Å². The maximum atomic E-state index is 12.9. The number of piperidine rings is 1. The summed E-state index contributed by atoms with van der Waals surface area (Å²) in [5.74, 6) is -2.22. The van der Waals surface area contributed by atoms with E-state index in [-0.39, 0.29) is 16.4 Å². The summed E-state index contributed by atoms with van der Waals surface area (Å²) in [4.78, 5) is 23.9. The second-order valence-electron chi connectivity index (χ2n) is 6.00. The van der Waals surface area contributed by atoms with Crippen molar-refractivity contribution in [3.8, 4) is 0 Å². The van der Waals surface area contributed by atoms with E-state index in [1.54, 1.807) is 0 Å². The summed E-state index contributed by atoms with van der Waals surface area (Å²) in [5, 5.41) is -0.320. The highest BCUT2D eigenvalue weighted by atomic mass is 32.2. The van der Waals surface area contributed by atoms with Crippen molar-refractivity contribution in [2.24, 2.45) is 0 Å². The van der Waals surface area contributed by atoms with Crippen LogP contribution in [0, 0.1) is 5.82 Å². The molecule has 1 aliphatic rings. The zero-order valence-corrected chi connectivity index (χ0v) is 15.1. The van der Waals surface area contributed by atoms with Crippen molar-refractivity contribution >= 4 is 21.8 Å². The summed E-state index contributed by atoms with van der Waals surface area (Å²) in [6.07, 6.45) is 2.54. The van der Waals surface area contributed by atoms with Crippen molar-refractivity contribution < 1.29 is 26.8 Å². The highest BCUT2D eigenvalue weighted by Crippen LogP contribution is 2.22. The van der Waals surface area contributed by atoms with Crippen LogP contribution >= 0.6 is 0 Å². The standard InChI is InChI=1S/C17H18FN3O5S/c18-13-6-4-12(5-7-13)16(22)19-20-17(23)14-8-9-15(26-14)27(24,25)21-10-2-1-3-11-21/h4-9H,1-3,10-11H2,(H,19,22)(H,20,23). The lowest BCUT2D eigenvalue weighted by atomic mass is 10.2. The average molecular weight is 395 g/mol. The zero-order valence-electron chi connectivity index (χ0n) is 14.3. The van der Waals surface area contributed by atoms with E-state index in [4.69, 9.17) is 4.42 Å². The van der Waals surface area contributed by atoms with Crippen LogP contribution in [0.4, 0.5) is 4.39 Å². The highest BCUT2D eigenvalue weighted by Gasteiger charge is 2.29. The predicted molar refractivity (Wildman–Crippen MR) is 92.7 cm³/mol. The first-order valence-electron chi connectivity index (χ1n) is 8.34. The van der Waals surface area contributed by atoms with E-state index in [1.165, 1.54) is 28.6 Å². The molecule has 0 radical (unpaired) electrons. The van der Waals surface area contributed by atoms with Crippen LogP contribution in [0.2, 0.25) is 0 Å². The Bertz CT molecular complexity index is 934. The summed E-state index contributed by atoms with van der Waals surface area (Å²) in [5.41, 5.74) is 4.41. The monoisotopic (exact) mass is 395 g/mol. The first-order chi connectivity index (χ1) is 12.9. The molecular weight excluding hydrogens is 377 g/mol. The third-order valence-electron chi connectivity index (χ3n) is 4.11. The fraction of sp³-hybridized carbons (Fsp3) is 0.294. The molecular formula is C17H18FN3O5S. The minimum atomic E-state index is -3.79. The van der Waals surface area contributed by atoms with Crippen LogP contribution < -0.4 is 10.9 Å². The number of amides is 2. The molecule has 2 N–H and O–H groups in total. The lowest BCUT2D eigenvalue weighted by Crippen LogP contribution is -2.41. The Hall–Kier alpha value is -2.72. The Morgan fingerprint density at radius 1 is 0.926 bits per heavy atom. The van der Waals surface area contributed by atoms with Gasteiger partial charge in [-0.3, -0.25) is 20.4 Å². The van der Waals surface area contributed by atoms with Gasteiger partial charge >= 0.3 is 5.91 Å². The number of sulfonamides is 1. The number of rotatable bonds is 4. The molecule has 0 saturated carbocycles. The van der Waals surface area contributed by atoms with Gasteiger partial charge in [0.15, 0.2) is 5.76 Å². The summed E-state index contributed by atoms with van der Waals surface area (Å²) in [6.45, 7) is 0.830. The van der Waals surface area contributed by atoms with E-state index in [0.29, 0.717) is 13.1 Å². The molecule has 144 valence electrons. The van der Waals surface area contributed by atoms with Gasteiger partial charge in [0.25, 0.3) is 15.9 Å². The Labute approximate surface area is 155 Å². The van der Waals surface area contributed by atoms with Crippen LogP contribution in [-0.4, -0.2) is 37.6 Å². The lowest BCUT2D eigenvalue weighted by Gasteiger charge is -2.24. The van der Waals surface area contributed by atoms with Gasteiger partial charge in [-0.15, -0.1) is 0 Å². The summed E-state index contributed by atoms with van der Waals surface area (Å²) in [7, 11) is -3.79. The Kier molecular flexibility index (Phi) is 5.57. The first kappa shape index (κ1) is 19.1. The molecule has 1 aliphatic heterocycles. The number of nitrogens with one attached hydrogen (secondary N) is 2. The molecule has 2 heterocycles. The van der Waals surface area contributed by atoms with Crippen LogP contribution in [0.5, 0.6) is 0 Å². The molecule has 0 atom stereocenters. The van der Waals surface area contributed by atoms with Crippen molar-refractivity contribution in [3.63, 3.8) is 0 Å². The van der Waals surface area contributed by atoms with Gasteiger partial charge in [0, 0.05) is 18.7 Å². The number of hydrogen-bond donors (Lipinski definition) is 2. The van der Waals surface area contributed by atoms with Crippen LogP contribution in [0.1, 0.15) is 40.2 Å². The molecule has 27 heavy (non-hydrogen) atoms. The molecule has 3 rings (SSSR count). The second-order valence-corrected chi connectivity index (χ2v) is 7.87. The van der Waals surface area contributed by atoms with E-state index in [2.05, 4.69) is 10.9 Å². The third kappa shape index (κ3) is 4.34. The maximum absolute atomic E-state index is 12.9.